The summed E-state index contributed by atoms with van der Waals surface area (Å²) >= 11 is 0. The van der Waals surface area contributed by atoms with Crippen LogP contribution in [0.15, 0.2) is 42.5 Å². The van der Waals surface area contributed by atoms with E-state index >= 15 is 0 Å². The van der Waals surface area contributed by atoms with Gasteiger partial charge in [-0.05, 0) is 17.3 Å². The molecule has 4 rings (SSSR count). The van der Waals surface area contributed by atoms with Gasteiger partial charge in [-0.25, -0.2) is 0 Å². The van der Waals surface area contributed by atoms with Crippen molar-refractivity contribution in [3.05, 3.63) is 85.2 Å². The van der Waals surface area contributed by atoms with Gasteiger partial charge in [-0.1, -0.05) is 118 Å². The Balaban J connectivity index is 0.00000171. The summed E-state index contributed by atoms with van der Waals surface area (Å²) in [4.78, 5) is 1.60. The van der Waals surface area contributed by atoms with Crippen LogP contribution in [0.2, 0.25) is 13.1 Å². The molecule has 32 heavy (non-hydrogen) atoms. The second-order valence-electron chi connectivity index (χ2n) is 10.8. The second-order valence-corrected chi connectivity index (χ2v) is 13.3. The van der Waals surface area contributed by atoms with Crippen molar-refractivity contribution in [1.82, 2.24) is 0 Å². The molecular formula is C28H33Cl2SiZr. The summed E-state index contributed by atoms with van der Waals surface area (Å²) in [6.07, 6.45) is 11.7. The van der Waals surface area contributed by atoms with Crippen LogP contribution in [-0.2, 0) is 37.0 Å². The number of hydrogen-bond acceptors (Lipinski definition) is 0. The van der Waals surface area contributed by atoms with Crippen molar-refractivity contribution < 1.29 is 51.0 Å². The third kappa shape index (κ3) is 5.25. The fourth-order valence-corrected chi connectivity index (χ4v) is 6.34. The van der Waals surface area contributed by atoms with E-state index in [0.717, 1.165) is 6.42 Å². The largest absolute Gasteiger partial charge is 3.00 e. The predicted molar refractivity (Wildman–Crippen MR) is 128 cm³/mol. The summed E-state index contributed by atoms with van der Waals surface area (Å²) < 4.78 is 0. The Morgan fingerprint density at radius 3 is 2.03 bits per heavy atom. The third-order valence-electron chi connectivity index (χ3n) is 6.16. The van der Waals surface area contributed by atoms with Gasteiger partial charge in [0.25, 0.3) is 0 Å². The Morgan fingerprint density at radius 2 is 1.53 bits per heavy atom. The molecule has 0 nitrogen and oxygen atoms in total. The number of rotatable bonds is 1. The van der Waals surface area contributed by atoms with Crippen LogP contribution < -0.4 is 30.0 Å². The molecule has 0 amide bonds. The summed E-state index contributed by atoms with van der Waals surface area (Å²) in [5, 5.41) is 3.99. The predicted octanol–water partition coefficient (Wildman–Crippen LogP) is 0.524. The number of hydrogen-bond donors (Lipinski definition) is 0. The smallest absolute Gasteiger partial charge is 1.00 e. The van der Waals surface area contributed by atoms with Crippen molar-refractivity contribution in [2.75, 3.05) is 0 Å². The molecule has 4 heteroatoms. The van der Waals surface area contributed by atoms with Crippen molar-refractivity contribution in [2.45, 2.75) is 71.9 Å². The molecule has 2 aromatic carbocycles. The van der Waals surface area contributed by atoms with Crippen LogP contribution >= 0.6 is 0 Å². The van der Waals surface area contributed by atoms with Gasteiger partial charge >= 0.3 is 26.2 Å². The summed E-state index contributed by atoms with van der Waals surface area (Å²) in [6.45, 7) is 18.9. The number of fused-ring (bicyclic) bond motifs is 2. The van der Waals surface area contributed by atoms with Gasteiger partial charge in [-0.15, -0.1) is 33.4 Å². The Labute approximate surface area is 226 Å². The molecule has 2 aliphatic carbocycles. The van der Waals surface area contributed by atoms with E-state index in [-0.39, 0.29) is 61.8 Å². The molecule has 0 bridgehead atoms. The van der Waals surface area contributed by atoms with Crippen LogP contribution in [0.5, 0.6) is 0 Å². The van der Waals surface area contributed by atoms with Gasteiger partial charge in [0, 0.05) is 8.41 Å². The molecule has 1 radical (unpaired) electrons. The zero-order valence-electron chi connectivity index (χ0n) is 20.5. The van der Waals surface area contributed by atoms with E-state index in [0.29, 0.717) is 0 Å². The van der Waals surface area contributed by atoms with Crippen LogP contribution in [0, 0.1) is 15.3 Å². The SMILES string of the molecule is C[Si](C)=c1c(C(C)(C)C)cc2c(c1C1=CC=CC1)[C-]=c1ccc(C(C)(C)C)cc1=2.[Cl-].[Cl-].[Zr+3]. The minimum atomic E-state index is -0.638. The topological polar surface area (TPSA) is 0 Å². The van der Waals surface area contributed by atoms with Crippen LogP contribution in [0.3, 0.4) is 0 Å². The molecule has 167 valence electrons. The zero-order chi connectivity index (χ0) is 21.1. The van der Waals surface area contributed by atoms with Crippen molar-refractivity contribution in [3.8, 4) is 0 Å². The van der Waals surface area contributed by atoms with Crippen molar-refractivity contribution in [2.24, 2.45) is 0 Å². The van der Waals surface area contributed by atoms with Gasteiger partial charge in [-0.3, -0.25) is 0 Å². The fraction of sp³-hybridized carbons (Fsp3) is 0.393. The first-order valence-corrected chi connectivity index (χ1v) is 13.3. The number of benzene rings is 2. The van der Waals surface area contributed by atoms with E-state index in [1.165, 1.54) is 43.5 Å². The average Bonchev–Trinajstić information content (AvgIpc) is 3.25. The first-order valence-electron chi connectivity index (χ1n) is 10.8. The van der Waals surface area contributed by atoms with E-state index in [1.54, 1.807) is 4.81 Å². The summed E-state index contributed by atoms with van der Waals surface area (Å²) in [5.41, 5.74) is 7.46. The first kappa shape index (κ1) is 29.5. The molecule has 0 heterocycles. The molecule has 0 N–H and O–H groups in total. The normalized spacial score (nSPS) is 13.7. The summed E-state index contributed by atoms with van der Waals surface area (Å²) in [5.74, 6) is 0. The van der Waals surface area contributed by atoms with Crippen LogP contribution in [0.4, 0.5) is 0 Å². The molecule has 0 unspecified atom stereocenters. The monoisotopic (exact) mass is 557 g/mol. The molecule has 0 fully saturated rings. The van der Waals surface area contributed by atoms with Crippen molar-refractivity contribution >= 4 is 20.1 Å². The van der Waals surface area contributed by atoms with Gasteiger partial charge < -0.3 is 24.8 Å². The molecule has 0 atom stereocenters. The molecule has 0 aromatic heterocycles. The van der Waals surface area contributed by atoms with Gasteiger partial charge in [0.2, 0.25) is 0 Å². The van der Waals surface area contributed by atoms with Crippen molar-refractivity contribution in [3.63, 3.8) is 0 Å². The Bertz CT molecular complexity index is 1300. The Hall–Kier alpha value is -0.530. The van der Waals surface area contributed by atoms with E-state index in [9.17, 15) is 0 Å². The van der Waals surface area contributed by atoms with Crippen molar-refractivity contribution in [1.29, 1.82) is 0 Å². The van der Waals surface area contributed by atoms with E-state index in [4.69, 9.17) is 0 Å². The van der Waals surface area contributed by atoms with E-state index < -0.39 is 8.41 Å². The van der Waals surface area contributed by atoms with E-state index in [1.807, 2.05) is 0 Å². The summed E-state index contributed by atoms with van der Waals surface area (Å²) in [6, 6.07) is 9.48. The average molecular weight is 560 g/mol. The molecule has 0 saturated heterocycles. The molecule has 0 saturated carbocycles. The fourth-order valence-electron chi connectivity index (χ4n) is 4.57. The maximum atomic E-state index is 3.82. The van der Waals surface area contributed by atoms with Gasteiger partial charge in [-0.2, -0.15) is 0 Å². The zero-order valence-corrected chi connectivity index (χ0v) is 25.5. The maximum Gasteiger partial charge on any atom is 3.00 e. The minimum Gasteiger partial charge on any atom is -1.00 e. The van der Waals surface area contributed by atoms with Crippen LogP contribution in [0.1, 0.15) is 70.2 Å². The molecule has 2 aliphatic rings. The van der Waals surface area contributed by atoms with Gasteiger partial charge in [0.1, 0.15) is 0 Å². The maximum absolute atomic E-state index is 3.82. The molecule has 0 aliphatic heterocycles. The molecule has 0 spiro atoms. The first-order chi connectivity index (χ1) is 13.5. The van der Waals surface area contributed by atoms with Crippen LogP contribution in [-0.4, -0.2) is 8.41 Å². The Kier molecular flexibility index (Phi) is 9.58. The summed E-state index contributed by atoms with van der Waals surface area (Å²) in [7, 11) is -0.638. The quantitative estimate of drug-likeness (QED) is 0.302. The van der Waals surface area contributed by atoms with E-state index in [2.05, 4.69) is 103 Å². The second kappa shape index (κ2) is 10.4. The number of allylic oxidation sites excluding steroid dienone is 4. The standard InChI is InChI=1S/C28H33Si.2ClH.Zr/c1-27(2,3)20-14-13-19-15-23-22(21(19)16-20)17-24(28(4,5)6)26(29(7)8)25(23)18-11-9-10-12-18;;;/h9-11,13-14,16-17H,12H2,1-8H3;2*1H;/q-1;;;+3/p-2. The van der Waals surface area contributed by atoms with Gasteiger partial charge in [0.05, 0.1) is 0 Å². The van der Waals surface area contributed by atoms with Gasteiger partial charge in [0.15, 0.2) is 0 Å². The minimum absolute atomic E-state index is 0. The molecular weight excluding hydrogens is 527 g/mol. The third-order valence-corrected chi connectivity index (χ3v) is 7.68. The number of halogens is 2. The van der Waals surface area contributed by atoms with Crippen LogP contribution in [0.25, 0.3) is 11.6 Å². The Morgan fingerprint density at radius 1 is 0.875 bits per heavy atom. The molecule has 2 aromatic rings.